The number of carbonyl (C=O) groups excluding carboxylic acids is 1. The average Bonchev–Trinajstić information content (AvgIpc) is 3.30. The molecule has 0 N–H and O–H groups in total. The fourth-order valence-electron chi connectivity index (χ4n) is 4.15. The zero-order chi connectivity index (χ0) is 17.7. The van der Waals surface area contributed by atoms with Crippen molar-refractivity contribution in [2.24, 2.45) is 0 Å². The summed E-state index contributed by atoms with van der Waals surface area (Å²) in [5.74, 6) is 0.518. The normalized spacial score (nSPS) is 18.2. The number of rotatable bonds is 3. The lowest BCUT2D eigenvalue weighted by Crippen LogP contribution is -2.39. The van der Waals surface area contributed by atoms with Gasteiger partial charge in [0.15, 0.2) is 6.61 Å². The number of hydrogen-bond acceptors (Lipinski definition) is 5. The van der Waals surface area contributed by atoms with Crippen LogP contribution in [0.1, 0.15) is 29.3 Å². The molecule has 1 aliphatic carbocycles. The zero-order valence-electron chi connectivity index (χ0n) is 14.6. The molecule has 0 unspecified atom stereocenters. The van der Waals surface area contributed by atoms with Gasteiger partial charge >= 0.3 is 0 Å². The van der Waals surface area contributed by atoms with E-state index in [1.807, 2.05) is 23.1 Å². The predicted molar refractivity (Wildman–Crippen MR) is 102 cm³/mol. The van der Waals surface area contributed by atoms with Gasteiger partial charge in [0.25, 0.3) is 5.91 Å². The Morgan fingerprint density at radius 1 is 1.31 bits per heavy atom. The van der Waals surface area contributed by atoms with Gasteiger partial charge in [-0.3, -0.25) is 4.79 Å². The number of aromatic nitrogens is 2. The van der Waals surface area contributed by atoms with E-state index in [2.05, 4.69) is 23.0 Å². The lowest BCUT2D eigenvalue weighted by molar-refractivity contribution is -0.120. The molecule has 3 aromatic rings. The number of ether oxygens (including phenoxy) is 1. The molecule has 0 saturated carbocycles. The number of benzene rings is 1. The van der Waals surface area contributed by atoms with Crippen LogP contribution in [0.25, 0.3) is 10.2 Å². The molecule has 0 fully saturated rings. The number of hydrogen-bond donors (Lipinski definition) is 0. The molecule has 26 heavy (non-hydrogen) atoms. The molecule has 5 nitrogen and oxygen atoms in total. The van der Waals surface area contributed by atoms with E-state index in [1.165, 1.54) is 28.8 Å². The molecule has 0 spiro atoms. The Balaban J connectivity index is 1.40. The van der Waals surface area contributed by atoms with E-state index in [4.69, 9.17) is 4.74 Å². The number of amides is 1. The van der Waals surface area contributed by atoms with Crippen molar-refractivity contribution >= 4 is 33.1 Å². The number of nitrogens with zero attached hydrogens (tertiary/aromatic N) is 3. The van der Waals surface area contributed by atoms with Crippen molar-refractivity contribution in [1.29, 1.82) is 0 Å². The molecule has 1 amide bonds. The van der Waals surface area contributed by atoms with Crippen LogP contribution < -0.4 is 9.64 Å². The number of fused-ring (bicyclic) bond motifs is 4. The van der Waals surface area contributed by atoms with Crippen molar-refractivity contribution < 1.29 is 9.53 Å². The second-order valence-corrected chi connectivity index (χ2v) is 8.03. The van der Waals surface area contributed by atoms with Crippen molar-refractivity contribution in [3.8, 4) is 5.88 Å². The van der Waals surface area contributed by atoms with Crippen LogP contribution in [0.2, 0.25) is 0 Å². The largest absolute Gasteiger partial charge is 0.467 e. The van der Waals surface area contributed by atoms with E-state index in [0.717, 1.165) is 35.2 Å². The highest BCUT2D eigenvalue weighted by atomic mass is 32.1. The Morgan fingerprint density at radius 3 is 3.12 bits per heavy atom. The monoisotopic (exact) mass is 365 g/mol. The van der Waals surface area contributed by atoms with Crippen LogP contribution in [0.3, 0.4) is 0 Å². The highest BCUT2D eigenvalue weighted by Crippen LogP contribution is 2.40. The summed E-state index contributed by atoms with van der Waals surface area (Å²) in [5.41, 5.74) is 3.53. The second-order valence-electron chi connectivity index (χ2n) is 6.95. The molecule has 132 valence electrons. The molecule has 6 heteroatoms. The molecule has 0 bridgehead atoms. The minimum atomic E-state index is -0.0268. The Morgan fingerprint density at radius 2 is 2.19 bits per heavy atom. The summed E-state index contributed by atoms with van der Waals surface area (Å²) in [5, 5.41) is 1.01. The van der Waals surface area contributed by atoms with Gasteiger partial charge < -0.3 is 9.64 Å². The lowest BCUT2D eigenvalue weighted by atomic mass is 10.1. The maximum Gasteiger partial charge on any atom is 0.265 e. The predicted octanol–water partition coefficient (Wildman–Crippen LogP) is 3.54. The minimum Gasteiger partial charge on any atom is -0.467 e. The van der Waals surface area contributed by atoms with Gasteiger partial charge in [-0.25, -0.2) is 9.97 Å². The highest BCUT2D eigenvalue weighted by molar-refractivity contribution is 7.18. The van der Waals surface area contributed by atoms with Crippen molar-refractivity contribution in [3.63, 3.8) is 0 Å². The number of carbonyl (C=O) groups is 1. The first-order valence-corrected chi connectivity index (χ1v) is 9.82. The van der Waals surface area contributed by atoms with Crippen LogP contribution in [0.4, 0.5) is 5.69 Å². The Labute approximate surface area is 155 Å². The topological polar surface area (TPSA) is 55.3 Å². The van der Waals surface area contributed by atoms with Gasteiger partial charge in [-0.1, -0.05) is 18.2 Å². The Hall–Kier alpha value is -2.47. The summed E-state index contributed by atoms with van der Waals surface area (Å²) in [6, 6.07) is 8.23. The van der Waals surface area contributed by atoms with Gasteiger partial charge in [0.05, 0.1) is 5.39 Å². The number of aryl methyl sites for hydroxylation is 2. The molecular weight excluding hydrogens is 346 g/mol. The molecule has 5 rings (SSSR count). The number of thiophene rings is 1. The molecule has 2 aliphatic rings. The summed E-state index contributed by atoms with van der Waals surface area (Å²) >= 11 is 1.72. The Kier molecular flexibility index (Phi) is 3.67. The van der Waals surface area contributed by atoms with Crippen LogP contribution in [0.5, 0.6) is 5.88 Å². The fourth-order valence-corrected chi connectivity index (χ4v) is 5.37. The van der Waals surface area contributed by atoms with Crippen molar-refractivity contribution in [3.05, 3.63) is 46.6 Å². The fraction of sp³-hybridized carbons (Fsp3) is 0.350. The average molecular weight is 365 g/mol. The maximum absolute atomic E-state index is 12.9. The SMILES string of the molecule is C[C@H]1Cc2ccccc2N1C(=O)COc1ncnc2sc3c(c12)CCC3. The van der Waals surface area contributed by atoms with E-state index < -0.39 is 0 Å². The number of para-hydroxylation sites is 1. The van der Waals surface area contributed by atoms with Gasteiger partial charge in [-0.15, -0.1) is 11.3 Å². The van der Waals surface area contributed by atoms with E-state index >= 15 is 0 Å². The zero-order valence-corrected chi connectivity index (χ0v) is 15.4. The highest BCUT2D eigenvalue weighted by Gasteiger charge is 2.31. The van der Waals surface area contributed by atoms with Crippen LogP contribution in [-0.4, -0.2) is 28.5 Å². The van der Waals surface area contributed by atoms with Crippen LogP contribution >= 0.6 is 11.3 Å². The quantitative estimate of drug-likeness (QED) is 0.712. The summed E-state index contributed by atoms with van der Waals surface area (Å²) in [6.45, 7) is 2.07. The third kappa shape index (κ3) is 2.40. The first-order valence-electron chi connectivity index (χ1n) is 9.00. The van der Waals surface area contributed by atoms with E-state index in [1.54, 1.807) is 11.3 Å². The summed E-state index contributed by atoms with van der Waals surface area (Å²) in [4.78, 5) is 25.8. The van der Waals surface area contributed by atoms with Gasteiger partial charge in [0.2, 0.25) is 5.88 Å². The van der Waals surface area contributed by atoms with Crippen molar-refractivity contribution in [2.75, 3.05) is 11.5 Å². The van der Waals surface area contributed by atoms with Gasteiger partial charge in [-0.2, -0.15) is 0 Å². The Bertz CT molecular complexity index is 1010. The molecule has 0 radical (unpaired) electrons. The van der Waals surface area contributed by atoms with Crippen LogP contribution in [-0.2, 0) is 24.1 Å². The minimum absolute atomic E-state index is 0.00456. The molecule has 3 heterocycles. The lowest BCUT2D eigenvalue weighted by Gasteiger charge is -2.22. The molecule has 1 aromatic carbocycles. The molecular formula is C20H19N3O2S. The van der Waals surface area contributed by atoms with Crippen LogP contribution in [0.15, 0.2) is 30.6 Å². The summed E-state index contributed by atoms with van der Waals surface area (Å²) in [6.07, 6.45) is 5.74. The van der Waals surface area contributed by atoms with Crippen molar-refractivity contribution in [1.82, 2.24) is 9.97 Å². The first-order chi connectivity index (χ1) is 12.7. The van der Waals surface area contributed by atoms with E-state index in [-0.39, 0.29) is 18.6 Å². The van der Waals surface area contributed by atoms with Gasteiger partial charge in [0, 0.05) is 16.6 Å². The summed E-state index contributed by atoms with van der Waals surface area (Å²) in [7, 11) is 0. The third-order valence-corrected chi connectivity index (χ3v) is 6.47. The van der Waals surface area contributed by atoms with Crippen LogP contribution in [0, 0.1) is 0 Å². The molecule has 1 aliphatic heterocycles. The maximum atomic E-state index is 12.9. The molecule has 0 saturated heterocycles. The smallest absolute Gasteiger partial charge is 0.265 e. The second kappa shape index (κ2) is 6.06. The van der Waals surface area contributed by atoms with Crippen molar-refractivity contribution in [2.45, 2.75) is 38.6 Å². The van der Waals surface area contributed by atoms with E-state index in [9.17, 15) is 4.79 Å². The number of anilines is 1. The standard InChI is InChI=1S/C20H19N3O2S/c1-12-9-13-5-2-3-7-15(13)23(12)17(24)10-25-19-18-14-6-4-8-16(14)26-20(18)22-11-21-19/h2-3,5,7,11-12H,4,6,8-10H2,1H3/t12-/m0/s1. The molecule has 2 aromatic heterocycles. The summed E-state index contributed by atoms with van der Waals surface area (Å²) < 4.78 is 5.90. The van der Waals surface area contributed by atoms with Gasteiger partial charge in [-0.05, 0) is 49.8 Å². The first kappa shape index (κ1) is 15.8. The van der Waals surface area contributed by atoms with Gasteiger partial charge in [0.1, 0.15) is 11.2 Å². The van der Waals surface area contributed by atoms with E-state index in [0.29, 0.717) is 5.88 Å². The molecule has 1 atom stereocenters. The third-order valence-electron chi connectivity index (χ3n) is 5.27.